The molecule has 2 rings (SSSR count). The van der Waals surface area contributed by atoms with Gasteiger partial charge in [0.15, 0.2) is 0 Å². The highest BCUT2D eigenvalue weighted by molar-refractivity contribution is 5.89. The third kappa shape index (κ3) is 4.16. The van der Waals surface area contributed by atoms with Gasteiger partial charge < -0.3 is 16.0 Å². The highest BCUT2D eigenvalue weighted by Gasteiger charge is 2.15. The Morgan fingerprint density at radius 1 is 1.28 bits per heavy atom. The van der Waals surface area contributed by atoms with E-state index in [4.69, 9.17) is 0 Å². The molecular formula is C12H17ClFN3O. The van der Waals surface area contributed by atoms with Crippen LogP contribution in [0.1, 0.15) is 12.8 Å². The van der Waals surface area contributed by atoms with Gasteiger partial charge in [-0.1, -0.05) is 12.1 Å². The minimum absolute atomic E-state index is 0. The summed E-state index contributed by atoms with van der Waals surface area (Å²) in [7, 11) is 0. The standard InChI is InChI=1S/C12H16FN3O.ClH/c13-10-3-1-2-4-11(10)16-12(17)15-9-5-7-14-8-6-9;/h1-4,9,14H,5-8H2,(H2,15,16,17);1H. The Kier molecular flexibility index (Phi) is 5.88. The van der Waals surface area contributed by atoms with Crippen LogP contribution in [0, 0.1) is 5.82 Å². The topological polar surface area (TPSA) is 53.2 Å². The SMILES string of the molecule is Cl.O=C(Nc1ccccc1F)NC1CCNCC1. The molecule has 4 nitrogen and oxygen atoms in total. The molecule has 1 aliphatic rings. The zero-order valence-corrected chi connectivity index (χ0v) is 10.7. The molecule has 0 bridgehead atoms. The minimum Gasteiger partial charge on any atom is -0.335 e. The number of carbonyl (C=O) groups excluding carboxylic acids is 1. The molecule has 0 aliphatic carbocycles. The van der Waals surface area contributed by atoms with Crippen LogP contribution in [-0.4, -0.2) is 25.2 Å². The predicted octanol–water partition coefficient (Wildman–Crippen LogP) is 2.12. The average molecular weight is 274 g/mol. The van der Waals surface area contributed by atoms with Gasteiger partial charge >= 0.3 is 6.03 Å². The molecule has 3 N–H and O–H groups in total. The second kappa shape index (κ2) is 7.18. The first-order valence-corrected chi connectivity index (χ1v) is 5.78. The summed E-state index contributed by atoms with van der Waals surface area (Å²) in [6, 6.07) is 5.95. The molecule has 0 spiro atoms. The average Bonchev–Trinajstić information content (AvgIpc) is 2.33. The van der Waals surface area contributed by atoms with E-state index in [1.165, 1.54) is 12.1 Å². The summed E-state index contributed by atoms with van der Waals surface area (Å²) in [4.78, 5) is 11.6. The quantitative estimate of drug-likeness (QED) is 0.773. The molecule has 6 heteroatoms. The van der Waals surface area contributed by atoms with Gasteiger partial charge in [-0.05, 0) is 38.1 Å². The van der Waals surface area contributed by atoms with E-state index in [1.807, 2.05) is 0 Å². The second-order valence-corrected chi connectivity index (χ2v) is 4.10. The summed E-state index contributed by atoms with van der Waals surface area (Å²) in [5.74, 6) is -0.423. The van der Waals surface area contributed by atoms with Crippen LogP contribution in [0.25, 0.3) is 0 Å². The fourth-order valence-corrected chi connectivity index (χ4v) is 1.87. The van der Waals surface area contributed by atoms with E-state index in [2.05, 4.69) is 16.0 Å². The zero-order chi connectivity index (χ0) is 12.1. The normalized spacial score (nSPS) is 15.6. The van der Waals surface area contributed by atoms with Crippen LogP contribution >= 0.6 is 12.4 Å². The van der Waals surface area contributed by atoms with Crippen LogP contribution in [-0.2, 0) is 0 Å². The number of rotatable bonds is 2. The van der Waals surface area contributed by atoms with Crippen LogP contribution in [0.4, 0.5) is 14.9 Å². The Balaban J connectivity index is 0.00000162. The van der Waals surface area contributed by atoms with Crippen LogP contribution in [0.3, 0.4) is 0 Å². The number of para-hydroxylation sites is 1. The first-order valence-electron chi connectivity index (χ1n) is 5.78. The Morgan fingerprint density at radius 3 is 2.61 bits per heavy atom. The van der Waals surface area contributed by atoms with E-state index < -0.39 is 5.82 Å². The maximum Gasteiger partial charge on any atom is 0.319 e. The minimum atomic E-state index is -0.423. The molecule has 18 heavy (non-hydrogen) atoms. The van der Waals surface area contributed by atoms with Crippen molar-refractivity contribution in [2.24, 2.45) is 0 Å². The maximum absolute atomic E-state index is 13.3. The summed E-state index contributed by atoms with van der Waals surface area (Å²) in [5.41, 5.74) is 0.207. The van der Waals surface area contributed by atoms with Crippen molar-refractivity contribution in [1.29, 1.82) is 0 Å². The molecular weight excluding hydrogens is 257 g/mol. The van der Waals surface area contributed by atoms with Crippen molar-refractivity contribution in [3.8, 4) is 0 Å². The van der Waals surface area contributed by atoms with E-state index in [0.717, 1.165) is 25.9 Å². The molecule has 2 amide bonds. The number of benzene rings is 1. The zero-order valence-electron chi connectivity index (χ0n) is 9.91. The first-order chi connectivity index (χ1) is 8.25. The summed E-state index contributed by atoms with van der Waals surface area (Å²) < 4.78 is 13.3. The molecule has 0 aromatic heterocycles. The number of anilines is 1. The predicted molar refractivity (Wildman–Crippen MR) is 71.7 cm³/mol. The van der Waals surface area contributed by atoms with Crippen molar-refractivity contribution in [2.45, 2.75) is 18.9 Å². The molecule has 0 unspecified atom stereocenters. The molecule has 100 valence electrons. The Bertz CT molecular complexity index is 397. The summed E-state index contributed by atoms with van der Waals surface area (Å²) in [6.07, 6.45) is 1.81. The van der Waals surface area contributed by atoms with Crippen molar-refractivity contribution >= 4 is 24.1 Å². The Hall–Kier alpha value is -1.33. The van der Waals surface area contributed by atoms with E-state index in [1.54, 1.807) is 12.1 Å². The van der Waals surface area contributed by atoms with E-state index >= 15 is 0 Å². The molecule has 1 fully saturated rings. The number of urea groups is 1. The number of amides is 2. The molecule has 0 saturated carbocycles. The van der Waals surface area contributed by atoms with E-state index in [9.17, 15) is 9.18 Å². The van der Waals surface area contributed by atoms with Crippen molar-refractivity contribution in [3.63, 3.8) is 0 Å². The maximum atomic E-state index is 13.3. The van der Waals surface area contributed by atoms with Crippen molar-refractivity contribution in [1.82, 2.24) is 10.6 Å². The lowest BCUT2D eigenvalue weighted by Crippen LogP contribution is -2.44. The largest absolute Gasteiger partial charge is 0.335 e. The van der Waals surface area contributed by atoms with Gasteiger partial charge in [0, 0.05) is 6.04 Å². The third-order valence-electron chi connectivity index (χ3n) is 2.80. The van der Waals surface area contributed by atoms with E-state index in [0.29, 0.717) is 0 Å². The van der Waals surface area contributed by atoms with Gasteiger partial charge in [0.05, 0.1) is 5.69 Å². The summed E-state index contributed by atoms with van der Waals surface area (Å²) in [5, 5.41) is 8.56. The highest BCUT2D eigenvalue weighted by Crippen LogP contribution is 2.12. The number of piperidine rings is 1. The molecule has 1 saturated heterocycles. The molecule has 1 heterocycles. The van der Waals surface area contributed by atoms with E-state index in [-0.39, 0.29) is 30.2 Å². The van der Waals surface area contributed by atoms with Crippen LogP contribution in [0.5, 0.6) is 0 Å². The lowest BCUT2D eigenvalue weighted by Gasteiger charge is -2.23. The summed E-state index contributed by atoms with van der Waals surface area (Å²) >= 11 is 0. The van der Waals surface area contributed by atoms with Gasteiger partial charge in [-0.2, -0.15) is 0 Å². The van der Waals surface area contributed by atoms with Gasteiger partial charge in [-0.25, -0.2) is 9.18 Å². The Labute approximate surface area is 112 Å². The van der Waals surface area contributed by atoms with Crippen molar-refractivity contribution in [3.05, 3.63) is 30.1 Å². The van der Waals surface area contributed by atoms with Crippen LogP contribution < -0.4 is 16.0 Å². The van der Waals surface area contributed by atoms with Gasteiger partial charge in [0.25, 0.3) is 0 Å². The van der Waals surface area contributed by atoms with Gasteiger partial charge in [-0.3, -0.25) is 0 Å². The molecule has 1 aromatic rings. The lowest BCUT2D eigenvalue weighted by atomic mass is 10.1. The third-order valence-corrected chi connectivity index (χ3v) is 2.80. The number of hydrogen-bond donors (Lipinski definition) is 3. The van der Waals surface area contributed by atoms with Gasteiger partial charge in [-0.15, -0.1) is 12.4 Å². The van der Waals surface area contributed by atoms with Crippen LogP contribution in [0.15, 0.2) is 24.3 Å². The summed E-state index contributed by atoms with van der Waals surface area (Å²) in [6.45, 7) is 1.81. The fraction of sp³-hybridized carbons (Fsp3) is 0.417. The monoisotopic (exact) mass is 273 g/mol. The van der Waals surface area contributed by atoms with Crippen molar-refractivity contribution < 1.29 is 9.18 Å². The second-order valence-electron chi connectivity index (χ2n) is 4.10. The number of nitrogens with one attached hydrogen (secondary N) is 3. The lowest BCUT2D eigenvalue weighted by molar-refractivity contribution is 0.245. The smallest absolute Gasteiger partial charge is 0.319 e. The molecule has 1 aromatic carbocycles. The molecule has 1 aliphatic heterocycles. The Morgan fingerprint density at radius 2 is 1.94 bits per heavy atom. The van der Waals surface area contributed by atoms with Gasteiger partial charge in [0.2, 0.25) is 0 Å². The fourth-order valence-electron chi connectivity index (χ4n) is 1.87. The van der Waals surface area contributed by atoms with Crippen LogP contribution in [0.2, 0.25) is 0 Å². The van der Waals surface area contributed by atoms with Crippen molar-refractivity contribution in [2.75, 3.05) is 18.4 Å². The number of carbonyl (C=O) groups is 1. The number of hydrogen-bond acceptors (Lipinski definition) is 2. The first kappa shape index (κ1) is 14.7. The highest BCUT2D eigenvalue weighted by atomic mass is 35.5. The molecule has 0 atom stereocenters. The molecule has 0 radical (unpaired) electrons. The van der Waals surface area contributed by atoms with Gasteiger partial charge in [0.1, 0.15) is 5.82 Å². The number of halogens is 2.